The molecule has 0 unspecified atom stereocenters. The zero-order valence-electron chi connectivity index (χ0n) is 18.7. The van der Waals surface area contributed by atoms with Gasteiger partial charge in [-0.1, -0.05) is 18.2 Å². The van der Waals surface area contributed by atoms with Crippen LogP contribution >= 0.6 is 11.3 Å². The van der Waals surface area contributed by atoms with Crippen LogP contribution < -0.4 is 15.6 Å². The molecule has 2 aromatic carbocycles. The minimum absolute atomic E-state index is 0.218. The minimum atomic E-state index is -0.469. The van der Waals surface area contributed by atoms with Gasteiger partial charge in [0.1, 0.15) is 17.1 Å². The van der Waals surface area contributed by atoms with Crippen molar-refractivity contribution in [3.8, 4) is 16.9 Å². The van der Waals surface area contributed by atoms with Crippen molar-refractivity contribution < 1.29 is 19.1 Å². The molecule has 0 bridgehead atoms. The van der Waals surface area contributed by atoms with Gasteiger partial charge in [0.25, 0.3) is 5.56 Å². The fourth-order valence-corrected chi connectivity index (χ4v) is 4.39. The van der Waals surface area contributed by atoms with Crippen LogP contribution in [0.25, 0.3) is 21.3 Å². The number of hydrogen-bond acceptors (Lipinski definition) is 7. The average molecular weight is 478 g/mol. The van der Waals surface area contributed by atoms with Gasteiger partial charge in [0.15, 0.2) is 0 Å². The fraction of sp³-hybridized carbons (Fsp3) is 0.200. The Morgan fingerprint density at radius 2 is 1.88 bits per heavy atom. The third-order valence-corrected chi connectivity index (χ3v) is 5.89. The first kappa shape index (κ1) is 23.2. The van der Waals surface area contributed by atoms with Crippen molar-refractivity contribution in [2.24, 2.45) is 0 Å². The molecule has 174 valence electrons. The van der Waals surface area contributed by atoms with Gasteiger partial charge in [0, 0.05) is 16.6 Å². The molecule has 8 nitrogen and oxygen atoms in total. The second-order valence-corrected chi connectivity index (χ2v) is 8.17. The van der Waals surface area contributed by atoms with Gasteiger partial charge in [-0.15, -0.1) is 11.3 Å². The number of ether oxygens (including phenoxy) is 2. The maximum absolute atomic E-state index is 13.2. The van der Waals surface area contributed by atoms with E-state index in [0.717, 1.165) is 16.9 Å². The van der Waals surface area contributed by atoms with Crippen LogP contribution in [0.4, 0.5) is 5.69 Å². The highest BCUT2D eigenvalue weighted by Gasteiger charge is 2.15. The Labute approximate surface area is 199 Å². The van der Waals surface area contributed by atoms with Crippen molar-refractivity contribution in [1.82, 2.24) is 9.55 Å². The summed E-state index contributed by atoms with van der Waals surface area (Å²) in [5.41, 5.74) is 2.09. The lowest BCUT2D eigenvalue weighted by atomic mass is 10.1. The number of thiophene rings is 1. The third kappa shape index (κ3) is 4.99. The van der Waals surface area contributed by atoms with E-state index in [0.29, 0.717) is 28.1 Å². The number of hydrogen-bond donors (Lipinski definition) is 1. The van der Waals surface area contributed by atoms with Crippen LogP contribution in [0.5, 0.6) is 5.75 Å². The van der Waals surface area contributed by atoms with Crippen molar-refractivity contribution >= 4 is 39.1 Å². The van der Waals surface area contributed by atoms with Crippen molar-refractivity contribution in [3.63, 3.8) is 0 Å². The number of benzene rings is 2. The molecule has 0 fully saturated rings. The number of fused-ring (bicyclic) bond motifs is 1. The van der Waals surface area contributed by atoms with Gasteiger partial charge in [0.2, 0.25) is 5.91 Å². The van der Waals surface area contributed by atoms with Crippen LogP contribution in [0, 0.1) is 0 Å². The van der Waals surface area contributed by atoms with Crippen LogP contribution in [-0.4, -0.2) is 34.6 Å². The van der Waals surface area contributed by atoms with Crippen LogP contribution in [0.3, 0.4) is 0 Å². The van der Waals surface area contributed by atoms with Gasteiger partial charge in [-0.25, -0.2) is 9.78 Å². The molecular formula is C25H23N3O5S. The first-order chi connectivity index (χ1) is 16.5. The highest BCUT2D eigenvalue weighted by Crippen LogP contribution is 2.31. The maximum Gasteiger partial charge on any atom is 0.338 e. The highest BCUT2D eigenvalue weighted by molar-refractivity contribution is 7.17. The summed E-state index contributed by atoms with van der Waals surface area (Å²) < 4.78 is 11.8. The number of nitrogens with one attached hydrogen (secondary N) is 1. The Morgan fingerprint density at radius 3 is 2.62 bits per heavy atom. The number of aromatic nitrogens is 2. The summed E-state index contributed by atoms with van der Waals surface area (Å²) in [5, 5.41) is 5.07. The Balaban J connectivity index is 1.56. The summed E-state index contributed by atoms with van der Waals surface area (Å²) in [5.74, 6) is -0.129. The molecule has 34 heavy (non-hydrogen) atoms. The predicted octanol–water partition coefficient (Wildman–Crippen LogP) is 4.34. The number of carbonyl (C=O) groups excluding carboxylic acids is 2. The molecule has 0 saturated heterocycles. The predicted molar refractivity (Wildman–Crippen MR) is 132 cm³/mol. The summed E-state index contributed by atoms with van der Waals surface area (Å²) >= 11 is 1.38. The smallest absolute Gasteiger partial charge is 0.338 e. The van der Waals surface area contributed by atoms with Gasteiger partial charge in [0.05, 0.1) is 30.5 Å². The number of carbonyl (C=O) groups is 2. The van der Waals surface area contributed by atoms with Gasteiger partial charge < -0.3 is 14.8 Å². The Morgan fingerprint density at radius 1 is 1.09 bits per heavy atom. The summed E-state index contributed by atoms with van der Waals surface area (Å²) in [6.07, 6.45) is 1.37. The lowest BCUT2D eigenvalue weighted by Gasteiger charge is -2.09. The molecule has 2 aromatic heterocycles. The van der Waals surface area contributed by atoms with E-state index in [-0.39, 0.29) is 18.7 Å². The molecular weight excluding hydrogens is 454 g/mol. The molecule has 4 aromatic rings. The van der Waals surface area contributed by atoms with Crippen LogP contribution in [0.2, 0.25) is 0 Å². The molecule has 2 heterocycles. The van der Waals surface area contributed by atoms with Crippen LogP contribution in [0.15, 0.2) is 65.0 Å². The molecule has 0 radical (unpaired) electrons. The second kappa shape index (κ2) is 10.3. The standard InChI is InChI=1S/C25H23N3O5S/c1-3-32-19-10-8-16(9-11-19)20-14-34-23-22(20)24(30)28(15-26-23)13-21(29)27-18-7-5-6-17(12-18)25(31)33-4-2/h5-12,14-15H,3-4,13H2,1-2H3,(H,27,29). The zero-order valence-corrected chi connectivity index (χ0v) is 19.6. The van der Waals surface area contributed by atoms with Crippen molar-refractivity contribution in [1.29, 1.82) is 0 Å². The molecule has 0 aliphatic rings. The van der Waals surface area contributed by atoms with Crippen LogP contribution in [-0.2, 0) is 16.1 Å². The lowest BCUT2D eigenvalue weighted by molar-refractivity contribution is -0.116. The van der Waals surface area contributed by atoms with E-state index in [9.17, 15) is 14.4 Å². The molecule has 4 rings (SSSR count). The van der Waals surface area contributed by atoms with E-state index in [1.54, 1.807) is 25.1 Å². The van der Waals surface area contributed by atoms with E-state index in [4.69, 9.17) is 9.47 Å². The molecule has 1 amide bonds. The van der Waals surface area contributed by atoms with Crippen LogP contribution in [0.1, 0.15) is 24.2 Å². The fourth-order valence-electron chi connectivity index (χ4n) is 3.48. The summed E-state index contributed by atoms with van der Waals surface area (Å²) in [6.45, 7) is 4.26. The van der Waals surface area contributed by atoms with Crippen molar-refractivity contribution in [3.05, 3.63) is 76.2 Å². The molecule has 0 spiro atoms. The number of anilines is 1. The van der Waals surface area contributed by atoms with Crippen molar-refractivity contribution in [2.75, 3.05) is 18.5 Å². The normalized spacial score (nSPS) is 10.8. The molecule has 0 saturated carbocycles. The van der Waals surface area contributed by atoms with Gasteiger partial charge >= 0.3 is 5.97 Å². The second-order valence-electron chi connectivity index (χ2n) is 7.31. The van der Waals surface area contributed by atoms with Gasteiger partial charge in [-0.2, -0.15) is 0 Å². The number of nitrogens with zero attached hydrogens (tertiary/aromatic N) is 2. The Bertz CT molecular complexity index is 1390. The first-order valence-electron chi connectivity index (χ1n) is 10.8. The molecule has 0 atom stereocenters. The quantitative estimate of drug-likeness (QED) is 0.379. The zero-order chi connectivity index (χ0) is 24.1. The van der Waals surface area contributed by atoms with E-state index >= 15 is 0 Å². The van der Waals surface area contributed by atoms with E-state index < -0.39 is 11.9 Å². The number of amides is 1. The maximum atomic E-state index is 13.2. The topological polar surface area (TPSA) is 99.5 Å². The lowest BCUT2D eigenvalue weighted by Crippen LogP contribution is -2.27. The highest BCUT2D eigenvalue weighted by atomic mass is 32.1. The molecule has 0 aliphatic heterocycles. The van der Waals surface area contributed by atoms with E-state index in [2.05, 4.69) is 10.3 Å². The largest absolute Gasteiger partial charge is 0.494 e. The number of esters is 1. The summed E-state index contributed by atoms with van der Waals surface area (Å²) in [6, 6.07) is 13.9. The third-order valence-electron chi connectivity index (χ3n) is 5.01. The number of rotatable bonds is 8. The Kier molecular flexibility index (Phi) is 7.03. The van der Waals surface area contributed by atoms with E-state index in [1.807, 2.05) is 36.6 Å². The van der Waals surface area contributed by atoms with E-state index in [1.165, 1.54) is 28.3 Å². The minimum Gasteiger partial charge on any atom is -0.494 e. The summed E-state index contributed by atoms with van der Waals surface area (Å²) in [7, 11) is 0. The van der Waals surface area contributed by atoms with Gasteiger partial charge in [-0.05, 0) is 49.7 Å². The SMILES string of the molecule is CCOC(=O)c1cccc(NC(=O)Cn2cnc3scc(-c4ccc(OCC)cc4)c3c2=O)c1. The summed E-state index contributed by atoms with van der Waals surface area (Å²) in [4.78, 5) is 42.8. The molecule has 1 N–H and O–H groups in total. The molecule has 0 aliphatic carbocycles. The molecule has 9 heteroatoms. The Hall–Kier alpha value is -3.98. The first-order valence-corrected chi connectivity index (χ1v) is 11.6. The average Bonchev–Trinajstić information content (AvgIpc) is 3.27. The monoisotopic (exact) mass is 477 g/mol. The van der Waals surface area contributed by atoms with Crippen molar-refractivity contribution in [2.45, 2.75) is 20.4 Å². The van der Waals surface area contributed by atoms with Gasteiger partial charge in [-0.3, -0.25) is 14.2 Å².